The molecule has 0 aromatic carbocycles. The second-order valence-electron chi connectivity index (χ2n) is 3.60. The number of likely N-dealkylation sites (N-methyl/N-ethyl adjacent to an activating group) is 1. The van der Waals surface area contributed by atoms with E-state index in [2.05, 4.69) is 5.32 Å². The van der Waals surface area contributed by atoms with Crippen LogP contribution in [0.5, 0.6) is 0 Å². The molecule has 5 nitrogen and oxygen atoms in total. The van der Waals surface area contributed by atoms with Crippen molar-refractivity contribution in [2.24, 2.45) is 0 Å². The van der Waals surface area contributed by atoms with Crippen molar-refractivity contribution >= 4 is 10.0 Å². The van der Waals surface area contributed by atoms with Gasteiger partial charge in [-0.05, 0) is 25.1 Å². The van der Waals surface area contributed by atoms with Gasteiger partial charge in [-0.3, -0.25) is 0 Å². The van der Waals surface area contributed by atoms with Gasteiger partial charge in [0.1, 0.15) is 0 Å². The van der Waals surface area contributed by atoms with Crippen LogP contribution in [0.2, 0.25) is 0 Å². The Morgan fingerprint density at radius 1 is 1.60 bits per heavy atom. The van der Waals surface area contributed by atoms with E-state index in [4.69, 9.17) is 4.42 Å². The molecule has 1 saturated heterocycles. The van der Waals surface area contributed by atoms with Crippen LogP contribution in [0.1, 0.15) is 6.42 Å². The molecule has 1 aliphatic heterocycles. The first-order chi connectivity index (χ1) is 7.12. The monoisotopic (exact) mass is 230 g/mol. The highest BCUT2D eigenvalue weighted by molar-refractivity contribution is 7.89. The molecule has 0 aliphatic carbocycles. The van der Waals surface area contributed by atoms with Crippen LogP contribution in [0.4, 0.5) is 0 Å². The zero-order chi connectivity index (χ0) is 10.9. The van der Waals surface area contributed by atoms with Crippen molar-refractivity contribution < 1.29 is 12.8 Å². The summed E-state index contributed by atoms with van der Waals surface area (Å²) >= 11 is 0. The molecule has 0 spiro atoms. The summed E-state index contributed by atoms with van der Waals surface area (Å²) in [6, 6.07) is 3.07. The van der Waals surface area contributed by atoms with Crippen molar-refractivity contribution in [1.82, 2.24) is 9.62 Å². The summed E-state index contributed by atoms with van der Waals surface area (Å²) in [4.78, 5) is 0. The van der Waals surface area contributed by atoms with Crippen LogP contribution in [-0.4, -0.2) is 38.9 Å². The summed E-state index contributed by atoms with van der Waals surface area (Å²) in [5.74, 6) is 0. The Morgan fingerprint density at radius 3 is 2.93 bits per heavy atom. The van der Waals surface area contributed by atoms with E-state index in [1.54, 1.807) is 13.1 Å². The normalized spacial score (nSPS) is 22.4. The summed E-state index contributed by atoms with van der Waals surface area (Å²) in [6.45, 7) is 1.57. The van der Waals surface area contributed by atoms with Gasteiger partial charge in [0.15, 0.2) is 0 Å². The van der Waals surface area contributed by atoms with Crippen molar-refractivity contribution in [1.29, 1.82) is 0 Å². The molecule has 1 aromatic rings. The summed E-state index contributed by atoms with van der Waals surface area (Å²) < 4.78 is 30.3. The van der Waals surface area contributed by atoms with Crippen LogP contribution in [-0.2, 0) is 10.0 Å². The van der Waals surface area contributed by atoms with Crippen LogP contribution >= 0.6 is 0 Å². The van der Waals surface area contributed by atoms with Gasteiger partial charge in [0.25, 0.3) is 10.0 Å². The van der Waals surface area contributed by atoms with Gasteiger partial charge >= 0.3 is 0 Å². The van der Waals surface area contributed by atoms with E-state index in [-0.39, 0.29) is 11.1 Å². The molecule has 1 N–H and O–H groups in total. The average molecular weight is 230 g/mol. The first kappa shape index (κ1) is 10.7. The molecule has 0 amide bonds. The highest BCUT2D eigenvalue weighted by Crippen LogP contribution is 2.19. The quantitative estimate of drug-likeness (QED) is 0.809. The minimum absolute atomic E-state index is 0.0110. The number of sulfonamides is 1. The van der Waals surface area contributed by atoms with Gasteiger partial charge in [0, 0.05) is 19.6 Å². The molecule has 0 bridgehead atoms. The lowest BCUT2D eigenvalue weighted by molar-refractivity contribution is 0.363. The van der Waals surface area contributed by atoms with Gasteiger partial charge < -0.3 is 9.73 Å². The van der Waals surface area contributed by atoms with Gasteiger partial charge in [0.2, 0.25) is 5.09 Å². The van der Waals surface area contributed by atoms with Gasteiger partial charge in [-0.25, -0.2) is 8.42 Å². The molecule has 0 radical (unpaired) electrons. The lowest BCUT2D eigenvalue weighted by Gasteiger charge is -2.21. The van der Waals surface area contributed by atoms with Crippen LogP contribution in [0, 0.1) is 0 Å². The molecule has 2 rings (SSSR count). The van der Waals surface area contributed by atoms with Crippen LogP contribution in [0.25, 0.3) is 0 Å². The number of furan rings is 1. The first-order valence-corrected chi connectivity index (χ1v) is 6.28. The zero-order valence-corrected chi connectivity index (χ0v) is 9.33. The summed E-state index contributed by atoms with van der Waals surface area (Å²) in [7, 11) is -1.86. The Hall–Kier alpha value is -0.850. The maximum absolute atomic E-state index is 12.0. The number of hydrogen-bond donors (Lipinski definition) is 1. The molecular formula is C9H14N2O3S. The number of nitrogens with zero attached hydrogens (tertiary/aromatic N) is 1. The van der Waals surface area contributed by atoms with Crippen LogP contribution < -0.4 is 5.32 Å². The predicted octanol–water partition coefficient (Wildman–Crippen LogP) is 0.262. The van der Waals surface area contributed by atoms with Crippen molar-refractivity contribution in [2.75, 3.05) is 20.1 Å². The lowest BCUT2D eigenvalue weighted by atomic mass is 10.3. The molecule has 84 valence electrons. The van der Waals surface area contributed by atoms with Crippen molar-refractivity contribution in [3.63, 3.8) is 0 Å². The van der Waals surface area contributed by atoms with Crippen LogP contribution in [0.3, 0.4) is 0 Å². The van der Waals surface area contributed by atoms with Gasteiger partial charge in [-0.15, -0.1) is 0 Å². The fourth-order valence-corrected chi connectivity index (χ4v) is 2.98. The minimum Gasteiger partial charge on any atom is -0.452 e. The third-order valence-corrected chi connectivity index (χ3v) is 4.47. The van der Waals surface area contributed by atoms with E-state index in [1.165, 1.54) is 16.6 Å². The Bertz CT molecular complexity index is 407. The number of hydrogen-bond acceptors (Lipinski definition) is 4. The molecule has 1 unspecified atom stereocenters. The fourth-order valence-electron chi connectivity index (χ4n) is 1.70. The molecule has 6 heteroatoms. The van der Waals surface area contributed by atoms with E-state index < -0.39 is 10.0 Å². The van der Waals surface area contributed by atoms with Gasteiger partial charge in [0.05, 0.1) is 6.26 Å². The largest absolute Gasteiger partial charge is 0.452 e. The molecule has 2 heterocycles. The summed E-state index contributed by atoms with van der Waals surface area (Å²) in [6.07, 6.45) is 2.21. The van der Waals surface area contributed by atoms with Crippen molar-refractivity contribution in [3.05, 3.63) is 18.4 Å². The molecule has 1 aliphatic rings. The second-order valence-corrected chi connectivity index (χ2v) is 5.53. The molecule has 1 aromatic heterocycles. The number of rotatable bonds is 3. The van der Waals surface area contributed by atoms with Gasteiger partial charge in [-0.2, -0.15) is 4.31 Å². The SMILES string of the molecule is CN(C1CCNC1)S(=O)(=O)c1ccco1. The van der Waals surface area contributed by atoms with Gasteiger partial charge in [-0.1, -0.05) is 0 Å². The van der Waals surface area contributed by atoms with Crippen molar-refractivity contribution in [2.45, 2.75) is 17.6 Å². The molecule has 15 heavy (non-hydrogen) atoms. The molecule has 0 saturated carbocycles. The Labute approximate surface area is 89.1 Å². The number of nitrogens with one attached hydrogen (secondary N) is 1. The molecule has 1 fully saturated rings. The second kappa shape index (κ2) is 3.96. The van der Waals surface area contributed by atoms with E-state index >= 15 is 0 Å². The molecule has 1 atom stereocenters. The maximum Gasteiger partial charge on any atom is 0.276 e. The topological polar surface area (TPSA) is 62.6 Å². The van der Waals surface area contributed by atoms with E-state index in [1.807, 2.05) is 0 Å². The predicted molar refractivity (Wildman–Crippen MR) is 54.9 cm³/mol. The third kappa shape index (κ3) is 1.92. The zero-order valence-electron chi connectivity index (χ0n) is 8.51. The Balaban J connectivity index is 2.22. The van der Waals surface area contributed by atoms with Crippen molar-refractivity contribution in [3.8, 4) is 0 Å². The average Bonchev–Trinajstić information content (AvgIpc) is 2.89. The third-order valence-electron chi connectivity index (χ3n) is 2.68. The minimum atomic E-state index is -3.45. The maximum atomic E-state index is 12.0. The Morgan fingerprint density at radius 2 is 2.40 bits per heavy atom. The lowest BCUT2D eigenvalue weighted by Crippen LogP contribution is -2.38. The van der Waals surface area contributed by atoms with E-state index in [0.717, 1.165) is 13.0 Å². The fraction of sp³-hybridized carbons (Fsp3) is 0.556. The van der Waals surface area contributed by atoms with E-state index in [9.17, 15) is 8.42 Å². The summed E-state index contributed by atoms with van der Waals surface area (Å²) in [5, 5.41) is 3.14. The molecular weight excluding hydrogens is 216 g/mol. The highest BCUT2D eigenvalue weighted by atomic mass is 32.2. The highest BCUT2D eigenvalue weighted by Gasteiger charge is 2.31. The Kier molecular flexibility index (Phi) is 2.81. The van der Waals surface area contributed by atoms with E-state index in [0.29, 0.717) is 6.54 Å². The smallest absolute Gasteiger partial charge is 0.276 e. The standard InChI is InChI=1S/C9H14N2O3S/c1-11(8-4-5-10-7-8)15(12,13)9-3-2-6-14-9/h2-3,6,8,10H,4-5,7H2,1H3. The van der Waals surface area contributed by atoms with Crippen LogP contribution in [0.15, 0.2) is 27.9 Å². The summed E-state index contributed by atoms with van der Waals surface area (Å²) in [5.41, 5.74) is 0. The first-order valence-electron chi connectivity index (χ1n) is 4.84.